The van der Waals surface area contributed by atoms with Gasteiger partial charge in [0, 0.05) is 18.8 Å². The van der Waals surface area contributed by atoms with Crippen molar-refractivity contribution in [1.29, 1.82) is 0 Å². The minimum atomic E-state index is -0.996. The Morgan fingerprint density at radius 2 is 2.14 bits per heavy atom. The highest BCUT2D eigenvalue weighted by Gasteiger charge is 2.31. The Bertz CT molecular complexity index is 524. The van der Waals surface area contributed by atoms with Crippen LogP contribution in [-0.4, -0.2) is 46.0 Å². The van der Waals surface area contributed by atoms with Gasteiger partial charge >= 0.3 is 5.97 Å². The number of methoxy groups -OCH3 is 1. The molecule has 0 fully saturated rings. The molecule has 0 aliphatic carbocycles. The van der Waals surface area contributed by atoms with Crippen LogP contribution in [0.25, 0.3) is 0 Å². The molecule has 0 saturated heterocycles. The standard InChI is InChI=1S/C14H23N3O4/c1-9(2)17-10(3)11(7-15-17)13(20)16-14(4,8-21-5)6-12(18)19/h7,9H,6,8H2,1-5H3,(H,16,20)(H,18,19). The summed E-state index contributed by atoms with van der Waals surface area (Å²) in [5, 5.41) is 15.9. The minimum absolute atomic E-state index is 0.113. The van der Waals surface area contributed by atoms with Gasteiger partial charge in [0.05, 0.1) is 30.3 Å². The van der Waals surface area contributed by atoms with Crippen molar-refractivity contribution in [2.45, 2.75) is 45.7 Å². The lowest BCUT2D eigenvalue weighted by Crippen LogP contribution is -2.50. The fraction of sp³-hybridized carbons (Fsp3) is 0.643. The molecule has 118 valence electrons. The van der Waals surface area contributed by atoms with Gasteiger partial charge in [-0.2, -0.15) is 5.10 Å². The second-order valence-electron chi connectivity index (χ2n) is 5.70. The van der Waals surface area contributed by atoms with Crippen molar-refractivity contribution >= 4 is 11.9 Å². The second kappa shape index (κ2) is 6.71. The lowest BCUT2D eigenvalue weighted by Gasteiger charge is -2.28. The van der Waals surface area contributed by atoms with Crippen molar-refractivity contribution in [2.75, 3.05) is 13.7 Å². The molecule has 0 aromatic carbocycles. The normalized spacial score (nSPS) is 14.0. The first-order chi connectivity index (χ1) is 9.70. The van der Waals surface area contributed by atoms with Crippen LogP contribution in [0.3, 0.4) is 0 Å². The van der Waals surface area contributed by atoms with Gasteiger partial charge in [0.2, 0.25) is 0 Å². The van der Waals surface area contributed by atoms with Crippen LogP contribution in [0, 0.1) is 6.92 Å². The molecule has 0 aliphatic heterocycles. The van der Waals surface area contributed by atoms with E-state index in [0.29, 0.717) is 5.56 Å². The van der Waals surface area contributed by atoms with E-state index >= 15 is 0 Å². The van der Waals surface area contributed by atoms with Crippen molar-refractivity contribution < 1.29 is 19.4 Å². The molecule has 1 atom stereocenters. The van der Waals surface area contributed by atoms with Crippen LogP contribution in [0.5, 0.6) is 0 Å². The lowest BCUT2D eigenvalue weighted by atomic mass is 9.98. The Hall–Kier alpha value is -1.89. The van der Waals surface area contributed by atoms with E-state index in [0.717, 1.165) is 5.69 Å². The third-order valence-electron chi connectivity index (χ3n) is 3.20. The van der Waals surface area contributed by atoms with Crippen LogP contribution < -0.4 is 5.32 Å². The third kappa shape index (κ3) is 4.29. The summed E-state index contributed by atoms with van der Waals surface area (Å²) < 4.78 is 6.77. The molecule has 1 aromatic heterocycles. The number of nitrogens with zero attached hydrogens (tertiary/aromatic N) is 2. The quantitative estimate of drug-likeness (QED) is 0.793. The van der Waals surface area contributed by atoms with Crippen LogP contribution in [-0.2, 0) is 9.53 Å². The van der Waals surface area contributed by atoms with Crippen LogP contribution in [0.4, 0.5) is 0 Å². The summed E-state index contributed by atoms with van der Waals surface area (Å²) >= 11 is 0. The number of aromatic nitrogens is 2. The predicted molar refractivity (Wildman–Crippen MR) is 77.3 cm³/mol. The van der Waals surface area contributed by atoms with Crippen molar-refractivity contribution in [2.24, 2.45) is 0 Å². The van der Waals surface area contributed by atoms with E-state index in [9.17, 15) is 9.59 Å². The van der Waals surface area contributed by atoms with E-state index in [1.165, 1.54) is 13.3 Å². The van der Waals surface area contributed by atoms with E-state index in [4.69, 9.17) is 9.84 Å². The van der Waals surface area contributed by atoms with Crippen molar-refractivity contribution in [3.63, 3.8) is 0 Å². The molecular formula is C14H23N3O4. The molecule has 1 unspecified atom stereocenters. The second-order valence-corrected chi connectivity index (χ2v) is 5.70. The maximum Gasteiger partial charge on any atom is 0.305 e. The first kappa shape index (κ1) is 17.2. The molecule has 1 heterocycles. The topological polar surface area (TPSA) is 93.4 Å². The number of carbonyl (C=O) groups excluding carboxylic acids is 1. The molecule has 1 amide bonds. The summed E-state index contributed by atoms with van der Waals surface area (Å²) in [5.41, 5.74) is 0.221. The van der Waals surface area contributed by atoms with Crippen LogP contribution in [0.15, 0.2) is 6.20 Å². The minimum Gasteiger partial charge on any atom is -0.481 e. The number of hydrogen-bond donors (Lipinski definition) is 2. The summed E-state index contributed by atoms with van der Waals surface area (Å²) in [7, 11) is 1.47. The molecule has 7 nitrogen and oxygen atoms in total. The Morgan fingerprint density at radius 1 is 1.52 bits per heavy atom. The number of nitrogens with one attached hydrogen (secondary N) is 1. The van der Waals surface area contributed by atoms with Gasteiger partial charge in [0.1, 0.15) is 0 Å². The Labute approximate surface area is 124 Å². The summed E-state index contributed by atoms with van der Waals surface area (Å²) in [6.07, 6.45) is 1.28. The van der Waals surface area contributed by atoms with E-state index < -0.39 is 11.5 Å². The zero-order chi connectivity index (χ0) is 16.2. The van der Waals surface area contributed by atoms with Gasteiger partial charge in [0.25, 0.3) is 5.91 Å². The molecule has 1 rings (SSSR count). The number of ether oxygens (including phenoxy) is 1. The van der Waals surface area contributed by atoms with E-state index in [1.54, 1.807) is 11.6 Å². The highest BCUT2D eigenvalue weighted by Crippen LogP contribution is 2.16. The number of carboxylic acids is 1. The van der Waals surface area contributed by atoms with Crippen LogP contribution >= 0.6 is 0 Å². The monoisotopic (exact) mass is 297 g/mol. The Morgan fingerprint density at radius 3 is 2.57 bits per heavy atom. The van der Waals surface area contributed by atoms with Crippen molar-refractivity contribution in [1.82, 2.24) is 15.1 Å². The first-order valence-electron chi connectivity index (χ1n) is 6.77. The van der Waals surface area contributed by atoms with Gasteiger partial charge < -0.3 is 15.2 Å². The third-order valence-corrected chi connectivity index (χ3v) is 3.20. The van der Waals surface area contributed by atoms with E-state index in [-0.39, 0.29) is 25.0 Å². The number of rotatable bonds is 7. The fourth-order valence-electron chi connectivity index (χ4n) is 2.29. The predicted octanol–water partition coefficient (Wildman–Crippen LogP) is 1.38. The zero-order valence-corrected chi connectivity index (χ0v) is 13.1. The SMILES string of the molecule is COCC(C)(CC(=O)O)NC(=O)c1cnn(C(C)C)c1C. The highest BCUT2D eigenvalue weighted by molar-refractivity contribution is 5.95. The summed E-state index contributed by atoms with van der Waals surface area (Å²) in [4.78, 5) is 23.3. The first-order valence-corrected chi connectivity index (χ1v) is 6.77. The number of carbonyl (C=O) groups is 2. The number of carboxylic acid groups (broad SMARTS) is 1. The fourth-order valence-corrected chi connectivity index (χ4v) is 2.29. The Kier molecular flexibility index (Phi) is 5.48. The zero-order valence-electron chi connectivity index (χ0n) is 13.1. The highest BCUT2D eigenvalue weighted by atomic mass is 16.5. The average Bonchev–Trinajstić information content (AvgIpc) is 2.69. The lowest BCUT2D eigenvalue weighted by molar-refractivity contribution is -0.139. The summed E-state index contributed by atoms with van der Waals surface area (Å²) in [6.45, 7) is 7.52. The average molecular weight is 297 g/mol. The molecule has 0 bridgehead atoms. The van der Waals surface area contributed by atoms with E-state index in [1.807, 2.05) is 20.8 Å². The van der Waals surface area contributed by atoms with Crippen molar-refractivity contribution in [3.8, 4) is 0 Å². The van der Waals surface area contributed by atoms with Gasteiger partial charge in [0.15, 0.2) is 0 Å². The maximum absolute atomic E-state index is 12.4. The molecule has 0 radical (unpaired) electrons. The van der Waals surface area contributed by atoms with Gasteiger partial charge in [-0.15, -0.1) is 0 Å². The van der Waals surface area contributed by atoms with Crippen LogP contribution in [0.1, 0.15) is 49.3 Å². The summed E-state index contributed by atoms with van der Waals surface area (Å²) in [6, 6.07) is 0.149. The van der Waals surface area contributed by atoms with Gasteiger partial charge in [-0.25, -0.2) is 0 Å². The number of amides is 1. The molecule has 0 spiro atoms. The molecular weight excluding hydrogens is 274 g/mol. The van der Waals surface area contributed by atoms with Crippen LogP contribution in [0.2, 0.25) is 0 Å². The molecule has 0 saturated carbocycles. The Balaban J connectivity index is 2.94. The van der Waals surface area contributed by atoms with Gasteiger partial charge in [-0.05, 0) is 27.7 Å². The molecule has 21 heavy (non-hydrogen) atoms. The van der Waals surface area contributed by atoms with Crippen molar-refractivity contribution in [3.05, 3.63) is 17.5 Å². The number of hydrogen-bond acceptors (Lipinski definition) is 4. The molecule has 1 aromatic rings. The number of aliphatic carboxylic acids is 1. The van der Waals surface area contributed by atoms with Gasteiger partial charge in [-0.1, -0.05) is 0 Å². The maximum atomic E-state index is 12.4. The molecule has 0 aliphatic rings. The van der Waals surface area contributed by atoms with Gasteiger partial charge in [-0.3, -0.25) is 14.3 Å². The van der Waals surface area contributed by atoms with E-state index in [2.05, 4.69) is 10.4 Å². The largest absolute Gasteiger partial charge is 0.481 e. The molecule has 7 heteroatoms. The summed E-state index contributed by atoms with van der Waals surface area (Å²) in [5.74, 6) is -1.34. The molecule has 2 N–H and O–H groups in total. The smallest absolute Gasteiger partial charge is 0.305 e.